The molecule has 0 spiro atoms. The molecule has 1 N–H and O–H groups in total. The minimum Gasteiger partial charge on any atom is -0.439 e. The number of hydrogen-bond donors (Lipinski definition) is 1. The predicted octanol–water partition coefficient (Wildman–Crippen LogP) is 3.89. The van der Waals surface area contributed by atoms with Gasteiger partial charge in [-0.25, -0.2) is 9.97 Å². The summed E-state index contributed by atoms with van der Waals surface area (Å²) in [4.78, 5) is 8.09. The molecule has 1 aromatic heterocycles. The van der Waals surface area contributed by atoms with Gasteiger partial charge < -0.3 is 10.1 Å². The molecule has 4 nitrogen and oxygen atoms in total. The van der Waals surface area contributed by atoms with Gasteiger partial charge in [0.25, 0.3) is 0 Å². The van der Waals surface area contributed by atoms with E-state index in [0.717, 1.165) is 17.7 Å². The summed E-state index contributed by atoms with van der Waals surface area (Å²) < 4.78 is 43.0. The average Bonchev–Trinajstić information content (AvgIpc) is 2.46. The third-order valence-electron chi connectivity index (χ3n) is 2.89. The first-order valence-corrected chi connectivity index (χ1v) is 6.32. The molecule has 0 aliphatic carbocycles. The van der Waals surface area contributed by atoms with Gasteiger partial charge in [0.05, 0.1) is 11.1 Å². The summed E-state index contributed by atoms with van der Waals surface area (Å²) in [5.41, 5.74) is 0.0454. The number of halogens is 3. The maximum atomic E-state index is 12.5. The van der Waals surface area contributed by atoms with E-state index >= 15 is 0 Å². The van der Waals surface area contributed by atoms with E-state index in [9.17, 15) is 13.2 Å². The van der Waals surface area contributed by atoms with Crippen molar-refractivity contribution in [2.45, 2.75) is 19.5 Å². The van der Waals surface area contributed by atoms with Crippen LogP contribution in [0.3, 0.4) is 0 Å². The fourth-order valence-electron chi connectivity index (χ4n) is 1.84. The second-order valence-electron chi connectivity index (χ2n) is 4.23. The first-order chi connectivity index (χ1) is 9.95. The summed E-state index contributed by atoms with van der Waals surface area (Å²) in [5.74, 6) is 1.25. The Hall–Kier alpha value is -2.31. The van der Waals surface area contributed by atoms with Crippen molar-refractivity contribution >= 4 is 5.82 Å². The number of nitrogens with zero attached hydrogens (tertiary/aromatic N) is 2. The molecular weight excluding hydrogens is 283 g/mol. The van der Waals surface area contributed by atoms with Crippen molar-refractivity contribution in [3.05, 3.63) is 41.7 Å². The third kappa shape index (κ3) is 3.42. The van der Waals surface area contributed by atoms with Crippen LogP contribution in [0.15, 0.2) is 30.6 Å². The fourth-order valence-corrected chi connectivity index (χ4v) is 1.84. The molecule has 7 heteroatoms. The van der Waals surface area contributed by atoms with Crippen LogP contribution < -0.4 is 10.1 Å². The molecule has 0 bridgehead atoms. The van der Waals surface area contributed by atoms with Crippen LogP contribution in [0.1, 0.15) is 18.1 Å². The van der Waals surface area contributed by atoms with Crippen molar-refractivity contribution in [1.29, 1.82) is 0 Å². The van der Waals surface area contributed by atoms with Crippen molar-refractivity contribution in [1.82, 2.24) is 9.97 Å². The van der Waals surface area contributed by atoms with Crippen LogP contribution in [0.2, 0.25) is 0 Å². The smallest absolute Gasteiger partial charge is 0.416 e. The summed E-state index contributed by atoms with van der Waals surface area (Å²) in [7, 11) is 1.73. The summed E-state index contributed by atoms with van der Waals surface area (Å²) in [5, 5.41) is 2.92. The van der Waals surface area contributed by atoms with Crippen LogP contribution in [0.25, 0.3) is 0 Å². The van der Waals surface area contributed by atoms with E-state index in [1.807, 2.05) is 6.92 Å². The molecule has 0 radical (unpaired) electrons. The van der Waals surface area contributed by atoms with Gasteiger partial charge in [0.15, 0.2) is 0 Å². The van der Waals surface area contributed by atoms with Crippen LogP contribution in [0, 0.1) is 0 Å². The van der Waals surface area contributed by atoms with Crippen LogP contribution in [-0.4, -0.2) is 17.0 Å². The lowest BCUT2D eigenvalue weighted by Gasteiger charge is -2.12. The number of nitrogens with one attached hydrogen (secondary N) is 1. The molecule has 0 aliphatic heterocycles. The highest BCUT2D eigenvalue weighted by atomic mass is 19.4. The van der Waals surface area contributed by atoms with E-state index in [2.05, 4.69) is 15.3 Å². The molecule has 112 valence electrons. The molecule has 2 aromatic rings. The Balaban J connectivity index is 2.26. The minimum atomic E-state index is -4.36. The summed E-state index contributed by atoms with van der Waals surface area (Å²) in [6.07, 6.45) is -2.39. The van der Waals surface area contributed by atoms with Crippen molar-refractivity contribution in [2.24, 2.45) is 0 Å². The Morgan fingerprint density at radius 2 is 1.81 bits per heavy atom. The number of ether oxygens (including phenoxy) is 1. The normalized spacial score (nSPS) is 11.3. The maximum Gasteiger partial charge on any atom is 0.416 e. The average molecular weight is 297 g/mol. The lowest BCUT2D eigenvalue weighted by Crippen LogP contribution is -2.05. The number of rotatable bonds is 4. The molecule has 0 unspecified atom stereocenters. The largest absolute Gasteiger partial charge is 0.439 e. The molecule has 0 saturated carbocycles. The van der Waals surface area contributed by atoms with Gasteiger partial charge in [0.1, 0.15) is 17.9 Å². The number of aromatic nitrogens is 2. The highest BCUT2D eigenvalue weighted by molar-refractivity contribution is 5.49. The second-order valence-corrected chi connectivity index (χ2v) is 4.23. The molecule has 1 aromatic carbocycles. The summed E-state index contributed by atoms with van der Waals surface area (Å²) >= 11 is 0. The van der Waals surface area contributed by atoms with E-state index in [0.29, 0.717) is 23.9 Å². The zero-order valence-corrected chi connectivity index (χ0v) is 11.5. The quantitative estimate of drug-likeness (QED) is 0.930. The molecule has 0 atom stereocenters. The Labute approximate surface area is 120 Å². The van der Waals surface area contributed by atoms with Crippen molar-refractivity contribution in [3.63, 3.8) is 0 Å². The standard InChI is InChI=1S/C14H14F3N3O/c1-3-11-12(18-2)19-8-20-13(11)21-10-6-4-9(5-7-10)14(15,16)17/h4-8H,3H2,1-2H3,(H,18,19,20). The highest BCUT2D eigenvalue weighted by Gasteiger charge is 2.30. The Kier molecular flexibility index (Phi) is 4.30. The first kappa shape index (κ1) is 15.1. The first-order valence-electron chi connectivity index (χ1n) is 6.32. The second kappa shape index (κ2) is 5.99. The number of benzene rings is 1. The topological polar surface area (TPSA) is 47.0 Å². The van der Waals surface area contributed by atoms with E-state index in [1.54, 1.807) is 7.05 Å². The summed E-state index contributed by atoms with van der Waals surface area (Å²) in [6, 6.07) is 4.48. The Morgan fingerprint density at radius 1 is 1.14 bits per heavy atom. The zero-order valence-electron chi connectivity index (χ0n) is 11.5. The van der Waals surface area contributed by atoms with E-state index < -0.39 is 11.7 Å². The van der Waals surface area contributed by atoms with Crippen molar-refractivity contribution in [2.75, 3.05) is 12.4 Å². The van der Waals surface area contributed by atoms with Gasteiger partial charge in [-0.05, 0) is 30.7 Å². The van der Waals surface area contributed by atoms with Crippen LogP contribution in [0.4, 0.5) is 19.0 Å². The van der Waals surface area contributed by atoms with E-state index in [4.69, 9.17) is 4.74 Å². The molecule has 0 amide bonds. The number of hydrogen-bond acceptors (Lipinski definition) is 4. The zero-order chi connectivity index (χ0) is 15.5. The van der Waals surface area contributed by atoms with Crippen LogP contribution in [0.5, 0.6) is 11.6 Å². The van der Waals surface area contributed by atoms with E-state index in [1.165, 1.54) is 18.5 Å². The van der Waals surface area contributed by atoms with Crippen LogP contribution >= 0.6 is 0 Å². The lowest BCUT2D eigenvalue weighted by molar-refractivity contribution is -0.137. The number of alkyl halides is 3. The predicted molar refractivity (Wildman–Crippen MR) is 72.5 cm³/mol. The van der Waals surface area contributed by atoms with Gasteiger partial charge >= 0.3 is 6.18 Å². The molecule has 21 heavy (non-hydrogen) atoms. The Bertz CT molecular complexity index is 612. The number of anilines is 1. The van der Waals surface area contributed by atoms with Gasteiger partial charge in [0, 0.05) is 7.05 Å². The van der Waals surface area contributed by atoms with Gasteiger partial charge in [0.2, 0.25) is 5.88 Å². The Morgan fingerprint density at radius 3 is 2.33 bits per heavy atom. The minimum absolute atomic E-state index is 0.290. The highest BCUT2D eigenvalue weighted by Crippen LogP contribution is 2.32. The fraction of sp³-hybridized carbons (Fsp3) is 0.286. The lowest BCUT2D eigenvalue weighted by atomic mass is 10.2. The molecule has 0 saturated heterocycles. The van der Waals surface area contributed by atoms with Crippen molar-refractivity contribution < 1.29 is 17.9 Å². The maximum absolute atomic E-state index is 12.5. The third-order valence-corrected chi connectivity index (χ3v) is 2.89. The van der Waals surface area contributed by atoms with E-state index in [-0.39, 0.29) is 0 Å². The molecule has 2 rings (SSSR count). The molecular formula is C14H14F3N3O. The van der Waals surface area contributed by atoms with Crippen LogP contribution in [-0.2, 0) is 12.6 Å². The molecule has 0 fully saturated rings. The van der Waals surface area contributed by atoms with Gasteiger partial charge in [-0.3, -0.25) is 0 Å². The molecule has 1 heterocycles. The van der Waals surface area contributed by atoms with Crippen molar-refractivity contribution in [3.8, 4) is 11.6 Å². The van der Waals surface area contributed by atoms with Gasteiger partial charge in [-0.15, -0.1) is 0 Å². The van der Waals surface area contributed by atoms with Gasteiger partial charge in [-0.1, -0.05) is 6.92 Å². The SMILES string of the molecule is CCc1c(NC)ncnc1Oc1ccc(C(F)(F)F)cc1. The molecule has 0 aliphatic rings. The van der Waals surface area contributed by atoms with Gasteiger partial charge in [-0.2, -0.15) is 13.2 Å². The monoisotopic (exact) mass is 297 g/mol. The summed E-state index contributed by atoms with van der Waals surface area (Å²) in [6.45, 7) is 1.92.